The van der Waals surface area contributed by atoms with Crippen molar-refractivity contribution in [1.82, 2.24) is 0 Å². The third kappa shape index (κ3) is 10.7. The third-order valence-corrected chi connectivity index (χ3v) is 2.23. The van der Waals surface area contributed by atoms with E-state index in [4.69, 9.17) is 35.0 Å². The fourth-order valence-corrected chi connectivity index (χ4v) is 1.24. The quantitative estimate of drug-likeness (QED) is 0.466. The van der Waals surface area contributed by atoms with Crippen molar-refractivity contribution < 1.29 is 38.2 Å². The van der Waals surface area contributed by atoms with Gasteiger partial charge in [-0.3, -0.25) is 0 Å². The van der Waals surface area contributed by atoms with E-state index in [0.717, 1.165) is 11.3 Å². The van der Waals surface area contributed by atoms with Crippen molar-refractivity contribution in [1.29, 1.82) is 0 Å². The van der Waals surface area contributed by atoms with Crippen molar-refractivity contribution in [2.45, 2.75) is 0 Å². The first kappa shape index (κ1) is 18.9. The minimum Gasteiger partial charge on any atom is -0.497 e. The summed E-state index contributed by atoms with van der Waals surface area (Å²) in [4.78, 5) is 0. The average molecular weight is 324 g/mol. The fraction of sp³-hybridized carbons (Fsp3) is 0.250. The molecule has 0 unspecified atom stereocenters. The van der Waals surface area contributed by atoms with Gasteiger partial charge in [0.05, 0.1) is 12.1 Å². The lowest BCUT2D eigenvalue weighted by Crippen LogP contribution is -2.68. The Morgan fingerprint density at radius 1 is 1.15 bits per heavy atom. The Hall–Kier alpha value is -1.15. The second kappa shape index (κ2) is 8.91. The predicted octanol–water partition coefficient (Wildman–Crippen LogP) is -2.14. The van der Waals surface area contributed by atoms with Crippen molar-refractivity contribution in [3.63, 3.8) is 0 Å². The molecule has 0 bridgehead atoms. The highest BCUT2D eigenvalue weighted by Gasteiger charge is 1.98. The van der Waals surface area contributed by atoms with Gasteiger partial charge in [0.25, 0.3) is 0 Å². The largest absolute Gasteiger partial charge is 0.497 e. The zero-order valence-electron chi connectivity index (χ0n) is 11.2. The monoisotopic (exact) mass is 323 g/mol. The number of benzene rings is 1. The molecule has 1 aromatic carbocycles. The summed E-state index contributed by atoms with van der Waals surface area (Å²) in [5.74, 6) is 0.833. The Morgan fingerprint density at radius 2 is 1.60 bits per heavy atom. The number of nitrogens with zero attached hydrogens (tertiary/aromatic N) is 1. The Bertz CT molecular complexity index is 456. The number of methoxy groups -OCH3 is 1. The topological polar surface area (TPSA) is 104 Å². The minimum absolute atomic E-state index is 0.714. The van der Waals surface area contributed by atoms with Crippen LogP contribution in [0.2, 0.25) is 0 Å². The van der Waals surface area contributed by atoms with Crippen LogP contribution in [0.1, 0.15) is 5.56 Å². The highest BCUT2D eigenvalue weighted by atomic mass is 35.7. The summed E-state index contributed by atoms with van der Waals surface area (Å²) < 4.78 is 41.0. The highest BCUT2D eigenvalue weighted by Crippen LogP contribution is 2.20. The van der Waals surface area contributed by atoms with Crippen LogP contribution in [-0.2, 0) is 0 Å². The van der Waals surface area contributed by atoms with E-state index >= 15 is 0 Å². The van der Waals surface area contributed by atoms with E-state index < -0.39 is 10.2 Å². The van der Waals surface area contributed by atoms with Gasteiger partial charge in [-0.1, -0.05) is 11.6 Å². The van der Waals surface area contributed by atoms with Crippen LogP contribution in [0.3, 0.4) is 0 Å². The van der Waals surface area contributed by atoms with Gasteiger partial charge in [0.15, 0.2) is 6.21 Å². The summed E-state index contributed by atoms with van der Waals surface area (Å²) in [6.07, 6.45) is 3.77. The lowest BCUT2D eigenvalue weighted by Gasteiger charge is -2.17. The average Bonchev–Trinajstić information content (AvgIpc) is 2.34. The summed E-state index contributed by atoms with van der Waals surface area (Å²) in [7, 11) is 0.607. The predicted molar refractivity (Wildman–Crippen MR) is 65.0 cm³/mol. The van der Waals surface area contributed by atoms with Crippen LogP contribution >= 0.6 is 11.6 Å². The zero-order valence-corrected chi connectivity index (χ0v) is 12.7. The van der Waals surface area contributed by atoms with E-state index in [9.17, 15) is 0 Å². The van der Waals surface area contributed by atoms with Gasteiger partial charge in [-0.2, -0.15) is 0 Å². The number of hydrogen-bond donors (Lipinski definition) is 0. The molecule has 0 amide bonds. The number of allylic oxidation sites excluding steroid dienone is 1. The summed E-state index contributed by atoms with van der Waals surface area (Å²) >= 11 is 6.11. The smallest absolute Gasteiger partial charge is 0.164 e. The lowest BCUT2D eigenvalue weighted by molar-refractivity contribution is -2.00. The van der Waals surface area contributed by atoms with Crippen LogP contribution < -0.4 is 23.4 Å². The molecule has 0 aliphatic heterocycles. The Labute approximate surface area is 124 Å². The van der Waals surface area contributed by atoms with Gasteiger partial charge in [-0.25, -0.2) is 23.2 Å². The van der Waals surface area contributed by atoms with E-state index in [0.29, 0.717) is 5.03 Å². The van der Waals surface area contributed by atoms with Crippen molar-refractivity contribution in [3.8, 4) is 5.75 Å². The maximum atomic E-state index is 8.49. The number of rotatable bonds is 3. The molecule has 0 saturated heterocycles. The minimum atomic E-state index is -4.94. The maximum Gasteiger partial charge on any atom is 0.164 e. The van der Waals surface area contributed by atoms with E-state index in [1.54, 1.807) is 7.11 Å². The molecular formula is C12H15Cl2NO5. The molecular weight excluding hydrogens is 309 g/mol. The SMILES string of the molecule is COc1ccc(/C(Cl)=C/C=[N+](C)C)cc1.[O-][Cl+3]([O-])([O-])[O-]. The van der Waals surface area contributed by atoms with E-state index in [1.165, 1.54) is 0 Å². The van der Waals surface area contributed by atoms with Crippen molar-refractivity contribution >= 4 is 22.8 Å². The van der Waals surface area contributed by atoms with Gasteiger partial charge in [0.2, 0.25) is 0 Å². The molecule has 1 rings (SSSR count). The molecule has 0 aliphatic carbocycles. The molecule has 0 radical (unpaired) electrons. The molecule has 8 heteroatoms. The van der Waals surface area contributed by atoms with E-state index in [-0.39, 0.29) is 0 Å². The lowest BCUT2D eigenvalue weighted by atomic mass is 10.2. The highest BCUT2D eigenvalue weighted by molar-refractivity contribution is 6.49. The zero-order chi connectivity index (χ0) is 15.8. The van der Waals surface area contributed by atoms with Crippen LogP contribution in [0.25, 0.3) is 5.03 Å². The molecule has 20 heavy (non-hydrogen) atoms. The van der Waals surface area contributed by atoms with E-state index in [1.807, 2.05) is 55.2 Å². The standard InChI is InChI=1S/C12H15ClNO.ClHO4/c1-14(2)9-8-12(13)10-4-6-11(15-3)7-5-10;2-1(3,4)5/h4-9H,1-3H3;(H,2,3,4,5)/q+1;/p-1/b12-8-;. The molecule has 0 aliphatic rings. The van der Waals surface area contributed by atoms with Crippen molar-refractivity contribution in [2.24, 2.45) is 0 Å². The summed E-state index contributed by atoms with van der Waals surface area (Å²) in [6, 6.07) is 7.64. The molecule has 0 aromatic heterocycles. The number of hydrogen-bond acceptors (Lipinski definition) is 5. The van der Waals surface area contributed by atoms with Gasteiger partial charge in [0.1, 0.15) is 19.8 Å². The molecule has 0 atom stereocenters. The van der Waals surface area contributed by atoms with E-state index in [2.05, 4.69) is 0 Å². The Kier molecular flexibility index (Phi) is 8.40. The summed E-state index contributed by atoms with van der Waals surface area (Å²) in [5, 5.41) is 0.714. The normalized spacial score (nSPS) is 11.3. The molecule has 6 nitrogen and oxygen atoms in total. The molecule has 112 valence electrons. The number of ether oxygens (including phenoxy) is 1. The first-order valence-corrected chi connectivity index (χ1v) is 6.88. The second-order valence-electron chi connectivity index (χ2n) is 3.73. The Balaban J connectivity index is 0.000000621. The van der Waals surface area contributed by atoms with Crippen LogP contribution in [0.5, 0.6) is 5.75 Å². The van der Waals surface area contributed by atoms with Gasteiger partial charge in [-0.15, -0.1) is 10.2 Å². The first-order valence-electron chi connectivity index (χ1n) is 5.26. The van der Waals surface area contributed by atoms with Crippen LogP contribution in [0.15, 0.2) is 30.3 Å². The molecule has 0 N–H and O–H groups in total. The van der Waals surface area contributed by atoms with Crippen LogP contribution in [0, 0.1) is 10.2 Å². The first-order chi connectivity index (χ1) is 9.13. The second-order valence-corrected chi connectivity index (χ2v) is 4.90. The van der Waals surface area contributed by atoms with Gasteiger partial charge in [0, 0.05) is 6.08 Å². The number of halogens is 2. The van der Waals surface area contributed by atoms with Gasteiger partial charge < -0.3 is 4.74 Å². The molecule has 0 fully saturated rings. The third-order valence-electron chi connectivity index (χ3n) is 1.88. The Morgan fingerprint density at radius 3 is 1.95 bits per heavy atom. The van der Waals surface area contributed by atoms with Crippen molar-refractivity contribution in [2.75, 3.05) is 21.2 Å². The summed E-state index contributed by atoms with van der Waals surface area (Å²) in [6.45, 7) is 0. The summed E-state index contributed by atoms with van der Waals surface area (Å²) in [5.41, 5.74) is 0.982. The van der Waals surface area contributed by atoms with Crippen molar-refractivity contribution in [3.05, 3.63) is 35.9 Å². The van der Waals surface area contributed by atoms with Gasteiger partial charge >= 0.3 is 0 Å². The molecule has 0 spiro atoms. The molecule has 0 saturated carbocycles. The van der Waals surface area contributed by atoms with Crippen LogP contribution in [-0.4, -0.2) is 32.0 Å². The van der Waals surface area contributed by atoms with Crippen LogP contribution in [0.4, 0.5) is 0 Å². The van der Waals surface area contributed by atoms with Gasteiger partial charge in [-0.05, 0) is 29.8 Å². The molecule has 1 aromatic rings. The molecule has 0 heterocycles. The fourth-order valence-electron chi connectivity index (χ4n) is 1.06. The maximum absolute atomic E-state index is 8.49.